The van der Waals surface area contributed by atoms with Gasteiger partial charge in [0.25, 0.3) is 5.89 Å². The Morgan fingerprint density at radius 3 is 2.78 bits per heavy atom. The van der Waals surface area contributed by atoms with Gasteiger partial charge in [-0.05, 0) is 56.1 Å². The maximum absolute atomic E-state index is 12.5. The molecule has 3 aromatic rings. The number of amides is 1. The smallest absolute Gasteiger partial charge is 0.283 e. The molecule has 142 valence electrons. The van der Waals surface area contributed by atoms with E-state index in [1.807, 2.05) is 36.9 Å². The first kappa shape index (κ1) is 18.8. The van der Waals surface area contributed by atoms with Gasteiger partial charge in [-0.15, -0.1) is 10.2 Å². The first-order chi connectivity index (χ1) is 13.1. The van der Waals surface area contributed by atoms with Crippen LogP contribution in [0.5, 0.6) is 0 Å². The van der Waals surface area contributed by atoms with E-state index in [0.717, 1.165) is 29.8 Å². The highest BCUT2D eigenvalue weighted by Crippen LogP contribution is 2.19. The third-order valence-corrected chi connectivity index (χ3v) is 4.34. The summed E-state index contributed by atoms with van der Waals surface area (Å²) in [6.45, 7) is 7.50. The summed E-state index contributed by atoms with van der Waals surface area (Å²) in [7, 11) is 0. The fraction of sp³-hybridized carbons (Fsp3) is 0.350. The van der Waals surface area contributed by atoms with E-state index in [1.165, 1.54) is 0 Å². The lowest BCUT2D eigenvalue weighted by Crippen LogP contribution is -2.33. The van der Waals surface area contributed by atoms with Gasteiger partial charge in [0.05, 0.1) is 19.4 Å². The van der Waals surface area contributed by atoms with E-state index < -0.39 is 0 Å². The van der Waals surface area contributed by atoms with Gasteiger partial charge >= 0.3 is 0 Å². The molecule has 0 aliphatic carbocycles. The van der Waals surface area contributed by atoms with Gasteiger partial charge in [-0.25, -0.2) is 0 Å². The molecule has 0 unspecified atom stereocenters. The summed E-state index contributed by atoms with van der Waals surface area (Å²) >= 11 is 0. The highest BCUT2D eigenvalue weighted by atomic mass is 16.4. The summed E-state index contributed by atoms with van der Waals surface area (Å²) in [5.74, 6) is 1.26. The summed E-state index contributed by atoms with van der Waals surface area (Å²) in [5, 5.41) is 11.1. The fourth-order valence-electron chi connectivity index (χ4n) is 2.82. The molecule has 2 aromatic heterocycles. The average Bonchev–Trinajstić information content (AvgIpc) is 3.30. The molecule has 0 saturated carbocycles. The van der Waals surface area contributed by atoms with Gasteiger partial charge in [-0.1, -0.05) is 19.1 Å². The highest BCUT2D eigenvalue weighted by molar-refractivity contribution is 5.93. The number of nitrogens with zero attached hydrogens (tertiary/aromatic N) is 3. The van der Waals surface area contributed by atoms with Crippen molar-refractivity contribution < 1.29 is 13.6 Å². The Balaban J connectivity index is 1.63. The number of aryl methyl sites for hydroxylation is 1. The number of nitrogens with one attached hydrogen (secondary N) is 1. The van der Waals surface area contributed by atoms with Gasteiger partial charge in [-0.2, -0.15) is 0 Å². The molecule has 0 fully saturated rings. The monoisotopic (exact) mass is 368 g/mol. The Labute approximate surface area is 158 Å². The second-order valence-corrected chi connectivity index (χ2v) is 6.48. The molecule has 0 radical (unpaired) electrons. The van der Waals surface area contributed by atoms with E-state index in [0.29, 0.717) is 24.1 Å². The van der Waals surface area contributed by atoms with Crippen LogP contribution in [0.25, 0.3) is 11.7 Å². The Morgan fingerprint density at radius 2 is 2.04 bits per heavy atom. The van der Waals surface area contributed by atoms with Crippen LogP contribution in [0.2, 0.25) is 0 Å². The van der Waals surface area contributed by atoms with Gasteiger partial charge in [0, 0.05) is 5.69 Å². The minimum absolute atomic E-state index is 0.0667. The summed E-state index contributed by atoms with van der Waals surface area (Å²) < 4.78 is 10.9. The van der Waals surface area contributed by atoms with Gasteiger partial charge < -0.3 is 14.2 Å². The largest absolute Gasteiger partial charge is 0.459 e. The van der Waals surface area contributed by atoms with Crippen molar-refractivity contribution in [3.8, 4) is 11.7 Å². The number of rotatable bonds is 8. The molecule has 27 heavy (non-hydrogen) atoms. The van der Waals surface area contributed by atoms with Crippen molar-refractivity contribution in [2.24, 2.45) is 0 Å². The number of hydrogen-bond donors (Lipinski definition) is 1. The zero-order valence-electron chi connectivity index (χ0n) is 15.9. The van der Waals surface area contributed by atoms with Crippen LogP contribution in [0.1, 0.15) is 30.4 Å². The van der Waals surface area contributed by atoms with E-state index in [4.69, 9.17) is 8.83 Å². The molecule has 0 aliphatic rings. The van der Waals surface area contributed by atoms with Crippen LogP contribution >= 0.6 is 0 Å². The quantitative estimate of drug-likeness (QED) is 0.651. The van der Waals surface area contributed by atoms with Crippen molar-refractivity contribution in [2.45, 2.75) is 33.7 Å². The molecule has 2 heterocycles. The van der Waals surface area contributed by atoms with Crippen LogP contribution in [0.15, 0.2) is 45.4 Å². The average molecular weight is 368 g/mol. The normalized spacial score (nSPS) is 11.1. The Kier molecular flexibility index (Phi) is 6.03. The number of hydrogen-bond acceptors (Lipinski definition) is 6. The number of benzene rings is 1. The number of carbonyl (C=O) groups excluding carboxylic acids is 1. The van der Waals surface area contributed by atoms with Gasteiger partial charge in [0.1, 0.15) is 0 Å². The molecule has 3 rings (SSSR count). The maximum Gasteiger partial charge on any atom is 0.283 e. The Hall–Kier alpha value is -2.93. The topological polar surface area (TPSA) is 84.4 Å². The summed E-state index contributed by atoms with van der Waals surface area (Å²) in [6, 6.07) is 9.41. The summed E-state index contributed by atoms with van der Waals surface area (Å²) in [5.41, 5.74) is 3.07. The predicted octanol–water partition coefficient (Wildman–Crippen LogP) is 3.80. The van der Waals surface area contributed by atoms with Gasteiger partial charge in [-0.3, -0.25) is 9.69 Å². The van der Waals surface area contributed by atoms with Crippen molar-refractivity contribution in [3.05, 3.63) is 53.6 Å². The lowest BCUT2D eigenvalue weighted by Gasteiger charge is -2.19. The van der Waals surface area contributed by atoms with Crippen molar-refractivity contribution >= 4 is 11.6 Å². The highest BCUT2D eigenvalue weighted by Gasteiger charge is 2.17. The minimum Gasteiger partial charge on any atom is -0.459 e. The van der Waals surface area contributed by atoms with Crippen LogP contribution in [-0.4, -0.2) is 34.1 Å². The van der Waals surface area contributed by atoms with Crippen molar-refractivity contribution in [1.82, 2.24) is 15.1 Å². The predicted molar refractivity (Wildman–Crippen MR) is 102 cm³/mol. The van der Waals surface area contributed by atoms with Crippen molar-refractivity contribution in [3.63, 3.8) is 0 Å². The second-order valence-electron chi connectivity index (χ2n) is 6.48. The molecule has 7 nitrogen and oxygen atoms in total. The second kappa shape index (κ2) is 8.64. The first-order valence-corrected chi connectivity index (χ1v) is 9.01. The third kappa shape index (κ3) is 4.83. The zero-order chi connectivity index (χ0) is 19.2. The van der Waals surface area contributed by atoms with E-state index in [1.54, 1.807) is 18.4 Å². The van der Waals surface area contributed by atoms with E-state index in [2.05, 4.69) is 22.4 Å². The number of furan rings is 1. The molecule has 1 aromatic carbocycles. The maximum atomic E-state index is 12.5. The van der Waals surface area contributed by atoms with Crippen LogP contribution in [0, 0.1) is 13.8 Å². The molecule has 0 aliphatic heterocycles. The molecule has 0 bridgehead atoms. The van der Waals surface area contributed by atoms with Gasteiger partial charge in [0.2, 0.25) is 11.8 Å². The summed E-state index contributed by atoms with van der Waals surface area (Å²) in [4.78, 5) is 14.5. The standard InChI is InChI=1S/C20H24N4O3/c1-4-10-24(12-18(25)21-16-8-5-7-14(2)15(16)3)13-19-22-23-20(27-19)17-9-6-11-26-17/h5-9,11H,4,10,12-13H2,1-3H3,(H,21,25). The minimum atomic E-state index is -0.0667. The first-order valence-electron chi connectivity index (χ1n) is 9.01. The SMILES string of the molecule is CCCN(CC(=O)Nc1cccc(C)c1C)Cc1nnc(-c2ccco2)o1. The lowest BCUT2D eigenvalue weighted by atomic mass is 10.1. The Bertz CT molecular complexity index is 887. The number of anilines is 1. The Morgan fingerprint density at radius 1 is 1.19 bits per heavy atom. The molecule has 1 amide bonds. The van der Waals surface area contributed by atoms with Crippen LogP contribution < -0.4 is 5.32 Å². The molecular formula is C20H24N4O3. The van der Waals surface area contributed by atoms with Gasteiger partial charge in [0.15, 0.2) is 5.76 Å². The van der Waals surface area contributed by atoms with E-state index >= 15 is 0 Å². The lowest BCUT2D eigenvalue weighted by molar-refractivity contribution is -0.117. The fourth-order valence-corrected chi connectivity index (χ4v) is 2.82. The molecular weight excluding hydrogens is 344 g/mol. The molecule has 0 atom stereocenters. The van der Waals surface area contributed by atoms with Crippen LogP contribution in [0.3, 0.4) is 0 Å². The van der Waals surface area contributed by atoms with E-state index in [-0.39, 0.29) is 12.5 Å². The third-order valence-electron chi connectivity index (χ3n) is 4.34. The molecule has 1 N–H and O–H groups in total. The number of aromatic nitrogens is 2. The van der Waals surface area contributed by atoms with Crippen LogP contribution in [-0.2, 0) is 11.3 Å². The zero-order valence-corrected chi connectivity index (χ0v) is 15.9. The van der Waals surface area contributed by atoms with E-state index in [9.17, 15) is 4.79 Å². The number of carbonyl (C=O) groups is 1. The molecule has 0 spiro atoms. The van der Waals surface area contributed by atoms with Crippen LogP contribution in [0.4, 0.5) is 5.69 Å². The summed E-state index contributed by atoms with van der Waals surface area (Å²) in [6.07, 6.45) is 2.47. The molecule has 7 heteroatoms. The van der Waals surface area contributed by atoms with Crippen molar-refractivity contribution in [1.29, 1.82) is 0 Å². The molecule has 0 saturated heterocycles. The van der Waals surface area contributed by atoms with Crippen molar-refractivity contribution in [2.75, 3.05) is 18.4 Å².